The third kappa shape index (κ3) is 3.63. The molecule has 0 unspecified atom stereocenters. The van der Waals surface area contributed by atoms with Gasteiger partial charge in [-0.2, -0.15) is 5.10 Å². The molecular formula is C14H11Br2N3O3. The number of carbonyl (C=O) groups excluding carboxylic acids is 1. The number of hydrazone groups is 1. The molecule has 0 aliphatic rings. The van der Waals surface area contributed by atoms with Gasteiger partial charge >= 0.3 is 0 Å². The molecule has 1 aromatic carbocycles. The minimum Gasteiger partial charge on any atom is -0.506 e. The SMILES string of the molecule is Cn1cccc(C(=O)N/N=C\c2cc(Br)c(O)c(Br)c2)c1=O. The lowest BCUT2D eigenvalue weighted by Gasteiger charge is -2.03. The summed E-state index contributed by atoms with van der Waals surface area (Å²) in [6.45, 7) is 0. The highest BCUT2D eigenvalue weighted by atomic mass is 79.9. The maximum absolute atomic E-state index is 11.9. The number of rotatable bonds is 3. The highest BCUT2D eigenvalue weighted by Crippen LogP contribution is 2.32. The second-order valence-corrected chi connectivity index (χ2v) is 6.08. The van der Waals surface area contributed by atoms with E-state index in [2.05, 4.69) is 42.4 Å². The number of phenols is 1. The molecule has 0 bridgehead atoms. The van der Waals surface area contributed by atoms with E-state index in [1.54, 1.807) is 31.4 Å². The lowest BCUT2D eigenvalue weighted by atomic mass is 10.2. The van der Waals surface area contributed by atoms with E-state index in [0.29, 0.717) is 14.5 Å². The molecule has 0 aliphatic carbocycles. The van der Waals surface area contributed by atoms with Crippen molar-refractivity contribution in [2.24, 2.45) is 12.1 Å². The zero-order valence-corrected chi connectivity index (χ0v) is 14.6. The molecule has 2 N–H and O–H groups in total. The molecule has 1 amide bonds. The largest absolute Gasteiger partial charge is 0.506 e. The number of hydrogen-bond donors (Lipinski definition) is 2. The van der Waals surface area contributed by atoms with Crippen molar-refractivity contribution in [3.8, 4) is 5.75 Å². The Kier molecular flexibility index (Phi) is 5.15. The van der Waals surface area contributed by atoms with Crippen molar-refractivity contribution in [1.82, 2.24) is 9.99 Å². The lowest BCUT2D eigenvalue weighted by Crippen LogP contribution is -2.29. The van der Waals surface area contributed by atoms with E-state index in [9.17, 15) is 14.7 Å². The number of phenolic OH excluding ortho intramolecular Hbond substituents is 1. The Morgan fingerprint density at radius 2 is 2.00 bits per heavy atom. The Labute approximate surface area is 142 Å². The molecule has 0 atom stereocenters. The zero-order valence-electron chi connectivity index (χ0n) is 11.4. The number of nitrogens with zero attached hydrogens (tertiary/aromatic N) is 2. The highest BCUT2D eigenvalue weighted by Gasteiger charge is 2.10. The minimum atomic E-state index is -0.589. The Balaban J connectivity index is 2.14. The van der Waals surface area contributed by atoms with Gasteiger partial charge in [-0.05, 0) is 61.7 Å². The molecule has 0 fully saturated rings. The van der Waals surface area contributed by atoms with Crippen molar-refractivity contribution < 1.29 is 9.90 Å². The summed E-state index contributed by atoms with van der Waals surface area (Å²) >= 11 is 6.40. The van der Waals surface area contributed by atoms with Crippen LogP contribution in [0.25, 0.3) is 0 Å². The first-order chi connectivity index (χ1) is 10.4. The number of aromatic nitrogens is 1. The Morgan fingerprint density at radius 1 is 1.36 bits per heavy atom. The van der Waals surface area contributed by atoms with Crippen LogP contribution in [0, 0.1) is 0 Å². The summed E-state index contributed by atoms with van der Waals surface area (Å²) in [6.07, 6.45) is 2.97. The molecule has 0 aliphatic heterocycles. The summed E-state index contributed by atoms with van der Waals surface area (Å²) in [5.74, 6) is -0.511. The van der Waals surface area contributed by atoms with Gasteiger partial charge in [0.2, 0.25) is 0 Å². The molecule has 2 aromatic rings. The first-order valence-corrected chi connectivity index (χ1v) is 7.66. The molecule has 6 nitrogen and oxygen atoms in total. The summed E-state index contributed by atoms with van der Waals surface area (Å²) in [5.41, 5.74) is 2.56. The van der Waals surface area contributed by atoms with E-state index in [4.69, 9.17) is 0 Å². The molecule has 114 valence electrons. The lowest BCUT2D eigenvalue weighted by molar-refractivity contribution is 0.0953. The van der Waals surface area contributed by atoms with Crippen molar-refractivity contribution in [1.29, 1.82) is 0 Å². The number of carbonyl (C=O) groups is 1. The average molecular weight is 429 g/mol. The molecule has 8 heteroatoms. The number of pyridine rings is 1. The molecule has 2 rings (SSSR count). The molecule has 0 saturated heterocycles. The van der Waals surface area contributed by atoms with Gasteiger partial charge in [-0.1, -0.05) is 0 Å². The van der Waals surface area contributed by atoms with E-state index in [0.717, 1.165) is 0 Å². The predicted molar refractivity (Wildman–Crippen MR) is 90.3 cm³/mol. The number of halogens is 2. The first kappa shape index (κ1) is 16.4. The van der Waals surface area contributed by atoms with E-state index < -0.39 is 11.5 Å². The normalized spacial score (nSPS) is 10.9. The number of hydrogen-bond acceptors (Lipinski definition) is 4. The number of amides is 1. The van der Waals surface area contributed by atoms with Gasteiger partial charge in [0, 0.05) is 13.2 Å². The van der Waals surface area contributed by atoms with Crippen LogP contribution < -0.4 is 11.0 Å². The van der Waals surface area contributed by atoms with Crippen LogP contribution in [0.15, 0.2) is 49.3 Å². The summed E-state index contributed by atoms with van der Waals surface area (Å²) in [5, 5.41) is 13.4. The Hall–Kier alpha value is -1.93. The zero-order chi connectivity index (χ0) is 16.3. The smallest absolute Gasteiger partial charge is 0.276 e. The summed E-state index contributed by atoms with van der Waals surface area (Å²) in [7, 11) is 1.56. The van der Waals surface area contributed by atoms with Crippen LogP contribution in [0.3, 0.4) is 0 Å². The van der Waals surface area contributed by atoms with Gasteiger partial charge in [0.25, 0.3) is 11.5 Å². The monoisotopic (exact) mass is 427 g/mol. The topological polar surface area (TPSA) is 83.7 Å². The van der Waals surface area contributed by atoms with Gasteiger partial charge in [0.1, 0.15) is 11.3 Å². The van der Waals surface area contributed by atoms with Crippen molar-refractivity contribution in [2.75, 3.05) is 0 Å². The molecule has 22 heavy (non-hydrogen) atoms. The van der Waals surface area contributed by atoms with Crippen molar-refractivity contribution >= 4 is 44.0 Å². The number of aromatic hydroxyl groups is 1. The van der Waals surface area contributed by atoms with Gasteiger partial charge in [0.05, 0.1) is 15.2 Å². The summed E-state index contributed by atoms with van der Waals surface area (Å²) in [6, 6.07) is 6.31. The molecule has 0 radical (unpaired) electrons. The van der Waals surface area contributed by atoms with Gasteiger partial charge in [0.15, 0.2) is 0 Å². The second kappa shape index (κ2) is 6.89. The molecule has 0 spiro atoms. The van der Waals surface area contributed by atoms with Gasteiger partial charge in [-0.25, -0.2) is 5.43 Å². The maximum Gasteiger partial charge on any atom is 0.276 e. The van der Waals surface area contributed by atoms with Crippen LogP contribution in [-0.2, 0) is 7.05 Å². The van der Waals surface area contributed by atoms with Crippen molar-refractivity contribution in [2.45, 2.75) is 0 Å². The van der Waals surface area contributed by atoms with Crippen LogP contribution >= 0.6 is 31.9 Å². The van der Waals surface area contributed by atoms with Gasteiger partial charge in [-0.3, -0.25) is 9.59 Å². The quantitative estimate of drug-likeness (QED) is 0.581. The third-order valence-electron chi connectivity index (χ3n) is 2.79. The van der Waals surface area contributed by atoms with Crippen LogP contribution in [0.4, 0.5) is 0 Å². The summed E-state index contributed by atoms with van der Waals surface area (Å²) < 4.78 is 2.30. The Morgan fingerprint density at radius 3 is 2.64 bits per heavy atom. The highest BCUT2D eigenvalue weighted by molar-refractivity contribution is 9.11. The van der Waals surface area contributed by atoms with Gasteiger partial charge in [-0.15, -0.1) is 0 Å². The van der Waals surface area contributed by atoms with Crippen molar-refractivity contribution in [3.05, 3.63) is 60.9 Å². The molecule has 1 heterocycles. The van der Waals surface area contributed by atoms with Crippen LogP contribution in [0.1, 0.15) is 15.9 Å². The Bertz CT molecular complexity index is 792. The fraction of sp³-hybridized carbons (Fsp3) is 0.0714. The fourth-order valence-electron chi connectivity index (χ4n) is 1.66. The second-order valence-electron chi connectivity index (χ2n) is 4.37. The maximum atomic E-state index is 11.9. The average Bonchev–Trinajstić information content (AvgIpc) is 2.47. The molecule has 0 saturated carbocycles. The summed E-state index contributed by atoms with van der Waals surface area (Å²) in [4.78, 5) is 23.7. The molecular weight excluding hydrogens is 418 g/mol. The van der Waals surface area contributed by atoms with E-state index in [1.807, 2.05) is 0 Å². The van der Waals surface area contributed by atoms with E-state index in [-0.39, 0.29) is 11.3 Å². The minimum absolute atomic E-state index is 0.00946. The van der Waals surface area contributed by atoms with Crippen LogP contribution in [-0.4, -0.2) is 21.8 Å². The van der Waals surface area contributed by atoms with Crippen LogP contribution in [0.5, 0.6) is 5.75 Å². The predicted octanol–water partition coefficient (Wildman–Crippen LogP) is 2.38. The standard InChI is InChI=1S/C14H11Br2N3O3/c1-19-4-2-3-9(14(19)22)13(21)18-17-7-8-5-10(15)12(20)11(16)6-8/h2-7,20H,1H3,(H,18,21)/b17-7-. The van der Waals surface area contributed by atoms with Crippen molar-refractivity contribution in [3.63, 3.8) is 0 Å². The van der Waals surface area contributed by atoms with Crippen LogP contribution in [0.2, 0.25) is 0 Å². The number of aryl methyl sites for hydroxylation is 1. The third-order valence-corrected chi connectivity index (χ3v) is 4.00. The van der Waals surface area contributed by atoms with E-state index in [1.165, 1.54) is 16.8 Å². The first-order valence-electron chi connectivity index (χ1n) is 6.07. The number of nitrogens with one attached hydrogen (secondary N) is 1. The molecule has 1 aromatic heterocycles. The van der Waals surface area contributed by atoms with E-state index >= 15 is 0 Å². The fourth-order valence-corrected chi connectivity index (χ4v) is 2.88. The number of benzene rings is 1. The van der Waals surface area contributed by atoms with Gasteiger partial charge < -0.3 is 9.67 Å².